The SMILES string of the molecule is CNC(Cc1ccccc1OC)c1ncc(Cl)cc1Cl. The van der Waals surface area contributed by atoms with Gasteiger partial charge in [-0.2, -0.15) is 0 Å². The second kappa shape index (κ2) is 6.93. The Labute approximate surface area is 128 Å². The van der Waals surface area contributed by atoms with Gasteiger partial charge in [0.25, 0.3) is 0 Å². The van der Waals surface area contributed by atoms with Crippen LogP contribution in [0, 0.1) is 0 Å². The maximum atomic E-state index is 6.22. The Morgan fingerprint density at radius 2 is 2.05 bits per heavy atom. The number of methoxy groups -OCH3 is 1. The average molecular weight is 311 g/mol. The molecular weight excluding hydrogens is 295 g/mol. The molecule has 1 atom stereocenters. The summed E-state index contributed by atoms with van der Waals surface area (Å²) in [5.41, 5.74) is 1.88. The van der Waals surface area contributed by atoms with Gasteiger partial charge in [-0.1, -0.05) is 41.4 Å². The monoisotopic (exact) mass is 310 g/mol. The lowest BCUT2D eigenvalue weighted by Crippen LogP contribution is -2.20. The predicted octanol–water partition coefficient (Wildman–Crippen LogP) is 3.90. The number of para-hydroxylation sites is 1. The van der Waals surface area contributed by atoms with E-state index in [0.717, 1.165) is 23.4 Å². The van der Waals surface area contributed by atoms with E-state index in [2.05, 4.69) is 10.3 Å². The van der Waals surface area contributed by atoms with Gasteiger partial charge in [0.05, 0.1) is 28.9 Å². The minimum Gasteiger partial charge on any atom is -0.496 e. The molecular formula is C15H16Cl2N2O. The first-order valence-corrected chi connectivity index (χ1v) is 7.01. The molecule has 0 amide bonds. The first-order valence-electron chi connectivity index (χ1n) is 6.25. The van der Waals surface area contributed by atoms with Crippen LogP contribution in [-0.2, 0) is 6.42 Å². The van der Waals surface area contributed by atoms with Gasteiger partial charge in [0.2, 0.25) is 0 Å². The number of hydrogen-bond donors (Lipinski definition) is 1. The van der Waals surface area contributed by atoms with E-state index in [9.17, 15) is 0 Å². The molecule has 3 nitrogen and oxygen atoms in total. The van der Waals surface area contributed by atoms with Gasteiger partial charge in [-0.15, -0.1) is 0 Å². The molecule has 2 rings (SSSR count). The number of benzene rings is 1. The Morgan fingerprint density at radius 1 is 1.30 bits per heavy atom. The average Bonchev–Trinajstić information content (AvgIpc) is 2.46. The zero-order chi connectivity index (χ0) is 14.5. The zero-order valence-corrected chi connectivity index (χ0v) is 12.9. The van der Waals surface area contributed by atoms with Crippen molar-refractivity contribution >= 4 is 23.2 Å². The summed E-state index contributed by atoms with van der Waals surface area (Å²) in [6, 6.07) is 9.62. The molecule has 1 aromatic carbocycles. The normalized spacial score (nSPS) is 12.2. The Morgan fingerprint density at radius 3 is 2.70 bits per heavy atom. The fraction of sp³-hybridized carbons (Fsp3) is 0.267. The summed E-state index contributed by atoms with van der Waals surface area (Å²) in [5.74, 6) is 0.859. The number of nitrogens with zero attached hydrogens (tertiary/aromatic N) is 1. The van der Waals surface area contributed by atoms with Gasteiger partial charge in [0.15, 0.2) is 0 Å². The van der Waals surface area contributed by atoms with Crippen LogP contribution in [0.2, 0.25) is 10.0 Å². The molecule has 1 unspecified atom stereocenters. The van der Waals surface area contributed by atoms with Crippen LogP contribution in [0.3, 0.4) is 0 Å². The number of nitrogens with one attached hydrogen (secondary N) is 1. The Kier molecular flexibility index (Phi) is 5.24. The third kappa shape index (κ3) is 3.42. The lowest BCUT2D eigenvalue weighted by atomic mass is 10.0. The molecule has 0 bridgehead atoms. The quantitative estimate of drug-likeness (QED) is 0.909. The summed E-state index contributed by atoms with van der Waals surface area (Å²) in [5, 5.41) is 4.33. The van der Waals surface area contributed by atoms with Crippen LogP contribution >= 0.6 is 23.2 Å². The van der Waals surface area contributed by atoms with Crippen LogP contribution in [0.4, 0.5) is 0 Å². The number of rotatable bonds is 5. The number of ether oxygens (including phenoxy) is 1. The van der Waals surface area contributed by atoms with E-state index in [1.54, 1.807) is 19.4 Å². The van der Waals surface area contributed by atoms with Gasteiger partial charge in [0.1, 0.15) is 5.75 Å². The minimum absolute atomic E-state index is 0.00364. The summed E-state index contributed by atoms with van der Waals surface area (Å²) in [4.78, 5) is 4.33. The number of halogens is 2. The van der Waals surface area contributed by atoms with Crippen LogP contribution in [0.5, 0.6) is 5.75 Å². The van der Waals surface area contributed by atoms with Crippen molar-refractivity contribution in [2.75, 3.05) is 14.2 Å². The molecule has 0 saturated heterocycles. The van der Waals surface area contributed by atoms with Crippen LogP contribution in [0.25, 0.3) is 0 Å². The van der Waals surface area contributed by atoms with E-state index in [1.807, 2.05) is 31.3 Å². The van der Waals surface area contributed by atoms with Gasteiger partial charge >= 0.3 is 0 Å². The van der Waals surface area contributed by atoms with Gasteiger partial charge in [0, 0.05) is 6.20 Å². The topological polar surface area (TPSA) is 34.1 Å². The summed E-state index contributed by atoms with van der Waals surface area (Å²) >= 11 is 12.1. The summed E-state index contributed by atoms with van der Waals surface area (Å²) in [6.45, 7) is 0. The van der Waals surface area contributed by atoms with Crippen molar-refractivity contribution in [1.29, 1.82) is 0 Å². The molecule has 0 radical (unpaired) electrons. The second-order valence-electron chi connectivity index (χ2n) is 4.38. The molecule has 2 aromatic rings. The number of likely N-dealkylation sites (N-methyl/N-ethyl adjacent to an activating group) is 1. The molecule has 0 spiro atoms. The lowest BCUT2D eigenvalue weighted by Gasteiger charge is -2.18. The maximum Gasteiger partial charge on any atom is 0.122 e. The zero-order valence-electron chi connectivity index (χ0n) is 11.4. The maximum absolute atomic E-state index is 6.22. The fourth-order valence-corrected chi connectivity index (χ4v) is 2.62. The Hall–Kier alpha value is -1.29. The first kappa shape index (κ1) is 15.1. The van der Waals surface area contributed by atoms with Crippen molar-refractivity contribution in [3.8, 4) is 5.75 Å². The molecule has 20 heavy (non-hydrogen) atoms. The third-order valence-electron chi connectivity index (χ3n) is 3.13. The van der Waals surface area contributed by atoms with Crippen molar-refractivity contribution < 1.29 is 4.74 Å². The van der Waals surface area contributed by atoms with Crippen LogP contribution < -0.4 is 10.1 Å². The van der Waals surface area contributed by atoms with Gasteiger partial charge < -0.3 is 10.1 Å². The first-order chi connectivity index (χ1) is 9.65. The lowest BCUT2D eigenvalue weighted by molar-refractivity contribution is 0.406. The largest absolute Gasteiger partial charge is 0.496 e. The molecule has 5 heteroatoms. The van der Waals surface area contributed by atoms with E-state index in [1.165, 1.54) is 0 Å². The van der Waals surface area contributed by atoms with E-state index in [-0.39, 0.29) is 6.04 Å². The Balaban J connectivity index is 2.29. The van der Waals surface area contributed by atoms with E-state index in [4.69, 9.17) is 27.9 Å². The molecule has 1 N–H and O–H groups in total. The highest BCUT2D eigenvalue weighted by molar-refractivity contribution is 6.34. The van der Waals surface area contributed by atoms with Crippen molar-refractivity contribution in [3.05, 3.63) is 57.8 Å². The predicted molar refractivity (Wildman–Crippen MR) is 82.8 cm³/mol. The highest BCUT2D eigenvalue weighted by Crippen LogP contribution is 2.28. The fourth-order valence-electron chi connectivity index (χ4n) is 2.11. The van der Waals surface area contributed by atoms with Crippen LogP contribution in [0.15, 0.2) is 36.5 Å². The van der Waals surface area contributed by atoms with Crippen LogP contribution in [0.1, 0.15) is 17.3 Å². The highest BCUT2D eigenvalue weighted by Gasteiger charge is 2.17. The molecule has 0 aliphatic heterocycles. The molecule has 1 aromatic heterocycles. The van der Waals surface area contributed by atoms with E-state index in [0.29, 0.717) is 10.0 Å². The van der Waals surface area contributed by atoms with Crippen molar-refractivity contribution in [1.82, 2.24) is 10.3 Å². The molecule has 0 aliphatic carbocycles. The van der Waals surface area contributed by atoms with Gasteiger partial charge in [-0.3, -0.25) is 4.98 Å². The summed E-state index contributed by atoms with van der Waals surface area (Å²) in [7, 11) is 3.55. The standard InChI is InChI=1S/C15H16Cl2N2O/c1-18-13(15-12(17)8-11(16)9-19-15)7-10-5-3-4-6-14(10)20-2/h3-6,8-9,13,18H,7H2,1-2H3. The molecule has 0 saturated carbocycles. The third-order valence-corrected chi connectivity index (χ3v) is 3.64. The van der Waals surface area contributed by atoms with Gasteiger partial charge in [-0.25, -0.2) is 0 Å². The summed E-state index contributed by atoms with van der Waals surface area (Å²) in [6.07, 6.45) is 2.34. The highest BCUT2D eigenvalue weighted by atomic mass is 35.5. The van der Waals surface area contributed by atoms with Crippen LogP contribution in [-0.4, -0.2) is 19.1 Å². The second-order valence-corrected chi connectivity index (χ2v) is 5.22. The number of aromatic nitrogens is 1. The molecule has 0 aliphatic rings. The Bertz CT molecular complexity index is 590. The van der Waals surface area contributed by atoms with Gasteiger partial charge in [-0.05, 0) is 31.2 Å². The minimum atomic E-state index is -0.00364. The van der Waals surface area contributed by atoms with E-state index >= 15 is 0 Å². The smallest absolute Gasteiger partial charge is 0.122 e. The molecule has 1 heterocycles. The number of hydrogen-bond acceptors (Lipinski definition) is 3. The van der Waals surface area contributed by atoms with Crippen molar-refractivity contribution in [2.45, 2.75) is 12.5 Å². The molecule has 106 valence electrons. The van der Waals surface area contributed by atoms with Crippen molar-refractivity contribution in [2.24, 2.45) is 0 Å². The number of pyridine rings is 1. The van der Waals surface area contributed by atoms with E-state index < -0.39 is 0 Å². The van der Waals surface area contributed by atoms with Crippen molar-refractivity contribution in [3.63, 3.8) is 0 Å². The molecule has 0 fully saturated rings. The summed E-state index contributed by atoms with van der Waals surface area (Å²) < 4.78 is 5.37.